The summed E-state index contributed by atoms with van der Waals surface area (Å²) in [6.07, 6.45) is 1.92. The summed E-state index contributed by atoms with van der Waals surface area (Å²) in [6, 6.07) is 12.6. The number of H-pyrrole nitrogens is 1. The van der Waals surface area contributed by atoms with E-state index in [1.165, 1.54) is 41.2 Å². The highest BCUT2D eigenvalue weighted by Gasteiger charge is 2.22. The zero-order valence-corrected chi connectivity index (χ0v) is 24.9. The molecule has 4 N–H and O–H groups in total. The van der Waals surface area contributed by atoms with E-state index in [9.17, 15) is 18.0 Å². The number of hydrogen-bond donors (Lipinski definition) is 3. The second-order valence-electron chi connectivity index (χ2n) is 10.4. The summed E-state index contributed by atoms with van der Waals surface area (Å²) < 4.78 is 61.0. The molecular formula is C31H29F3N6O4S. The number of fused-ring (bicyclic) bond motifs is 1. The Morgan fingerprint density at radius 3 is 2.73 bits per heavy atom. The zero-order chi connectivity index (χ0) is 31.5. The van der Waals surface area contributed by atoms with Crippen molar-refractivity contribution >= 4 is 40.1 Å². The van der Waals surface area contributed by atoms with E-state index in [0.717, 1.165) is 12.8 Å². The number of aryl methyl sites for hydroxylation is 1. The van der Waals surface area contributed by atoms with Crippen LogP contribution >= 0.6 is 11.9 Å². The van der Waals surface area contributed by atoms with Crippen LogP contribution in [0, 0.1) is 12.7 Å². The van der Waals surface area contributed by atoms with Gasteiger partial charge >= 0.3 is 0 Å². The summed E-state index contributed by atoms with van der Waals surface area (Å²) in [7, 11) is 0. The van der Waals surface area contributed by atoms with Crippen molar-refractivity contribution in [1.82, 2.24) is 19.7 Å². The number of nitrogens with zero attached hydrogens (tertiary/aromatic N) is 3. The predicted molar refractivity (Wildman–Crippen MR) is 165 cm³/mol. The molecule has 0 amide bonds. The Balaban J connectivity index is 1.24. The molecule has 45 heavy (non-hydrogen) atoms. The van der Waals surface area contributed by atoms with E-state index < -0.39 is 24.6 Å². The Labute approximate surface area is 260 Å². The third kappa shape index (κ3) is 6.71. The maximum absolute atomic E-state index is 14.0. The lowest BCUT2D eigenvalue weighted by Gasteiger charge is -2.22. The third-order valence-corrected chi connectivity index (χ3v) is 8.37. The minimum Gasteiger partial charge on any atom is -0.485 e. The van der Waals surface area contributed by atoms with Gasteiger partial charge in [-0.1, -0.05) is 12.1 Å². The molecular weight excluding hydrogens is 609 g/mol. The first kappa shape index (κ1) is 30.3. The van der Waals surface area contributed by atoms with Crippen LogP contribution in [0.25, 0.3) is 16.6 Å². The molecule has 234 valence electrons. The van der Waals surface area contributed by atoms with Crippen molar-refractivity contribution in [2.75, 3.05) is 30.3 Å². The molecule has 14 heteroatoms. The summed E-state index contributed by atoms with van der Waals surface area (Å²) in [6.45, 7) is 2.35. The maximum atomic E-state index is 14.0. The molecule has 10 nitrogen and oxygen atoms in total. The molecule has 4 heterocycles. The number of benzene rings is 2. The molecule has 0 spiro atoms. The Kier molecular flexibility index (Phi) is 8.85. The van der Waals surface area contributed by atoms with Crippen LogP contribution in [0.3, 0.4) is 0 Å². The van der Waals surface area contributed by atoms with Crippen LogP contribution in [-0.2, 0) is 4.74 Å². The summed E-state index contributed by atoms with van der Waals surface area (Å²) in [5, 5.41) is 5.21. The molecule has 0 bridgehead atoms. The van der Waals surface area contributed by atoms with Gasteiger partial charge in [-0.25, -0.2) is 22.8 Å². The number of nitrogen functional groups attached to an aromatic ring is 1. The first-order chi connectivity index (χ1) is 21.8. The highest BCUT2D eigenvalue weighted by atomic mass is 32.2. The minimum atomic E-state index is -2.64. The van der Waals surface area contributed by atoms with E-state index in [2.05, 4.69) is 19.8 Å². The number of carbonyl (C=O) groups is 1. The van der Waals surface area contributed by atoms with Crippen LogP contribution in [0.4, 0.5) is 24.7 Å². The van der Waals surface area contributed by atoms with Gasteiger partial charge in [0.15, 0.2) is 11.6 Å². The smallest absolute Gasteiger partial charge is 0.272 e. The van der Waals surface area contributed by atoms with Gasteiger partial charge in [-0.15, -0.1) is 0 Å². The van der Waals surface area contributed by atoms with Crippen LogP contribution in [0.15, 0.2) is 60.9 Å². The number of anilines is 2. The standard InChI is InChI=1S/C31H29F3N6O4S/c1-17-10-29(44-26-5-3-2-4-21(26)32)36-15-25(17)40-31(35)20(14-37-40)30(41)24-11-18-12-27(43-16-28(33)34)23(13-22(18)38-24)39-45-19-6-8-42-9-7-19/h2-5,10-15,19,28,38-39H,6-9,16,35H2,1H3. The molecule has 0 atom stereocenters. The van der Waals surface area contributed by atoms with E-state index in [0.29, 0.717) is 46.3 Å². The molecule has 0 radical (unpaired) electrons. The number of hydrogen-bond acceptors (Lipinski definition) is 9. The number of aromatic amines is 1. The van der Waals surface area contributed by atoms with Crippen LogP contribution in [0.2, 0.25) is 0 Å². The van der Waals surface area contributed by atoms with Gasteiger partial charge in [-0.3, -0.25) is 4.79 Å². The molecule has 1 aliphatic heterocycles. The molecule has 6 rings (SSSR count). The maximum Gasteiger partial charge on any atom is 0.272 e. The number of halogens is 3. The fraction of sp³-hybridized carbons (Fsp3) is 0.258. The van der Waals surface area contributed by atoms with E-state index >= 15 is 0 Å². The number of ether oxygens (including phenoxy) is 3. The number of nitrogens with two attached hydrogens (primary N) is 1. The Morgan fingerprint density at radius 1 is 1.18 bits per heavy atom. The lowest BCUT2D eigenvalue weighted by molar-refractivity contribution is 0.0823. The van der Waals surface area contributed by atoms with Crippen LogP contribution < -0.4 is 19.9 Å². The Morgan fingerprint density at radius 2 is 1.98 bits per heavy atom. The molecule has 2 aromatic carbocycles. The van der Waals surface area contributed by atoms with Crippen LogP contribution in [0.1, 0.15) is 34.5 Å². The van der Waals surface area contributed by atoms with Crippen molar-refractivity contribution in [2.24, 2.45) is 0 Å². The first-order valence-corrected chi connectivity index (χ1v) is 15.0. The number of para-hydroxylation sites is 1. The van der Waals surface area contributed by atoms with Crippen molar-refractivity contribution in [2.45, 2.75) is 31.4 Å². The van der Waals surface area contributed by atoms with Crippen molar-refractivity contribution in [3.8, 4) is 23.1 Å². The largest absolute Gasteiger partial charge is 0.485 e. The summed E-state index contributed by atoms with van der Waals surface area (Å²) in [4.78, 5) is 20.9. The second kappa shape index (κ2) is 13.1. The highest BCUT2D eigenvalue weighted by molar-refractivity contribution is 8.01. The van der Waals surface area contributed by atoms with Gasteiger partial charge in [0.2, 0.25) is 11.7 Å². The number of pyridine rings is 1. The quantitative estimate of drug-likeness (QED) is 0.107. The molecule has 0 unspecified atom stereocenters. The Hall–Kier alpha value is -4.69. The summed E-state index contributed by atoms with van der Waals surface area (Å²) >= 11 is 1.49. The van der Waals surface area contributed by atoms with Crippen molar-refractivity contribution in [1.29, 1.82) is 0 Å². The second-order valence-corrected chi connectivity index (χ2v) is 11.5. The molecule has 5 aromatic rings. The molecule has 1 saturated heterocycles. The van der Waals surface area contributed by atoms with E-state index in [4.69, 9.17) is 19.9 Å². The van der Waals surface area contributed by atoms with E-state index in [1.807, 2.05) is 0 Å². The average molecular weight is 639 g/mol. The molecule has 1 aliphatic rings. The summed E-state index contributed by atoms with van der Waals surface area (Å²) in [5.74, 6) is -0.383. The Bertz CT molecular complexity index is 1840. The molecule has 1 fully saturated rings. The van der Waals surface area contributed by atoms with Gasteiger partial charge in [0.05, 0.1) is 35.0 Å². The third-order valence-electron chi connectivity index (χ3n) is 7.22. The van der Waals surface area contributed by atoms with Crippen molar-refractivity contribution in [3.05, 3.63) is 83.6 Å². The summed E-state index contributed by atoms with van der Waals surface area (Å²) in [5.41, 5.74) is 9.06. The fourth-order valence-corrected chi connectivity index (χ4v) is 5.77. The molecule has 0 aliphatic carbocycles. The minimum absolute atomic E-state index is 0.0376. The number of ketones is 1. The number of aromatic nitrogens is 4. The lowest BCUT2D eigenvalue weighted by Crippen LogP contribution is -2.19. The molecule has 0 saturated carbocycles. The zero-order valence-electron chi connectivity index (χ0n) is 24.1. The average Bonchev–Trinajstić information content (AvgIpc) is 3.63. The van der Waals surface area contributed by atoms with Gasteiger partial charge in [-0.05, 0) is 67.6 Å². The van der Waals surface area contributed by atoms with Gasteiger partial charge in [0.1, 0.15) is 18.2 Å². The topological polar surface area (TPSA) is 129 Å². The van der Waals surface area contributed by atoms with Crippen LogP contribution in [0.5, 0.6) is 17.4 Å². The first-order valence-electron chi connectivity index (χ1n) is 14.1. The van der Waals surface area contributed by atoms with Gasteiger partial charge in [0.25, 0.3) is 6.43 Å². The van der Waals surface area contributed by atoms with Gasteiger partial charge < -0.3 is 29.7 Å². The predicted octanol–water partition coefficient (Wildman–Crippen LogP) is 6.68. The monoisotopic (exact) mass is 638 g/mol. The number of carbonyl (C=O) groups excluding carboxylic acids is 1. The SMILES string of the molecule is Cc1cc(Oc2ccccc2F)ncc1-n1ncc(C(=O)c2cc3cc(OCC(F)F)c(NSC4CCOCC4)cc3[nH]2)c1N. The normalized spacial score (nSPS) is 13.8. The van der Waals surface area contributed by atoms with Gasteiger partial charge in [-0.2, -0.15) is 5.10 Å². The highest BCUT2D eigenvalue weighted by Crippen LogP contribution is 2.35. The van der Waals surface area contributed by atoms with Gasteiger partial charge in [0, 0.05) is 35.4 Å². The number of nitrogens with one attached hydrogen (secondary N) is 2. The lowest BCUT2D eigenvalue weighted by atomic mass is 10.1. The molecule has 3 aromatic heterocycles. The van der Waals surface area contributed by atoms with E-state index in [-0.39, 0.29) is 34.5 Å². The number of rotatable bonds is 11. The van der Waals surface area contributed by atoms with E-state index in [1.54, 1.807) is 43.3 Å². The van der Waals surface area contributed by atoms with Crippen LogP contribution in [-0.4, -0.2) is 57.0 Å². The number of alkyl halides is 2. The van der Waals surface area contributed by atoms with Crippen molar-refractivity contribution in [3.63, 3.8) is 0 Å². The fourth-order valence-electron chi connectivity index (χ4n) is 4.89. The van der Waals surface area contributed by atoms with Crippen molar-refractivity contribution < 1.29 is 32.2 Å².